The Morgan fingerprint density at radius 3 is 3.22 bits per heavy atom. The Bertz CT molecular complexity index is 202. The summed E-state index contributed by atoms with van der Waals surface area (Å²) in [6.45, 7) is 0. The zero-order chi connectivity index (χ0) is 6.10. The van der Waals surface area contributed by atoms with Crippen molar-refractivity contribution in [1.82, 2.24) is 15.8 Å². The van der Waals surface area contributed by atoms with E-state index in [9.17, 15) is 0 Å². The summed E-state index contributed by atoms with van der Waals surface area (Å²) >= 11 is 0. The van der Waals surface area contributed by atoms with Gasteiger partial charge < -0.3 is 10.7 Å². The van der Waals surface area contributed by atoms with E-state index in [2.05, 4.69) is 10.7 Å². The largest absolute Gasteiger partial charge is 0.364 e. The van der Waals surface area contributed by atoms with E-state index >= 15 is 0 Å². The highest BCUT2D eigenvalue weighted by Crippen LogP contribution is 2.10. The van der Waals surface area contributed by atoms with Gasteiger partial charge in [0.2, 0.25) is 0 Å². The SMILES string of the molecule is C1=CN2NC=CC2=CN1. The van der Waals surface area contributed by atoms with Crippen molar-refractivity contribution in [3.63, 3.8) is 0 Å². The number of rotatable bonds is 0. The molecule has 0 bridgehead atoms. The molecular weight excluding hydrogens is 114 g/mol. The first-order chi connectivity index (χ1) is 4.47. The molecule has 3 nitrogen and oxygen atoms in total. The highest BCUT2D eigenvalue weighted by atomic mass is 15.5. The van der Waals surface area contributed by atoms with Gasteiger partial charge in [-0.05, 0) is 6.08 Å². The lowest BCUT2D eigenvalue weighted by atomic mass is 10.4. The van der Waals surface area contributed by atoms with E-state index in [0.717, 1.165) is 5.70 Å². The second-order valence-electron chi connectivity index (χ2n) is 1.88. The van der Waals surface area contributed by atoms with Crippen LogP contribution in [0, 0.1) is 0 Å². The van der Waals surface area contributed by atoms with E-state index in [1.54, 1.807) is 0 Å². The lowest BCUT2D eigenvalue weighted by molar-refractivity contribution is 0.421. The normalized spacial score (nSPS) is 20.4. The van der Waals surface area contributed by atoms with Crippen LogP contribution >= 0.6 is 0 Å². The van der Waals surface area contributed by atoms with Crippen LogP contribution in [0.15, 0.2) is 36.6 Å². The Balaban J connectivity index is 2.29. The van der Waals surface area contributed by atoms with Gasteiger partial charge >= 0.3 is 0 Å². The topological polar surface area (TPSA) is 27.3 Å². The van der Waals surface area contributed by atoms with Gasteiger partial charge in [-0.3, -0.25) is 5.01 Å². The Morgan fingerprint density at radius 2 is 2.33 bits per heavy atom. The molecule has 2 aliphatic rings. The summed E-state index contributed by atoms with van der Waals surface area (Å²) in [6, 6.07) is 0. The maximum atomic E-state index is 3.02. The van der Waals surface area contributed by atoms with Crippen LogP contribution in [-0.4, -0.2) is 5.01 Å². The summed E-state index contributed by atoms with van der Waals surface area (Å²) < 4.78 is 0. The molecule has 0 saturated heterocycles. The predicted octanol–water partition coefficient (Wildman–Crippen LogP) is 0.236. The van der Waals surface area contributed by atoms with E-state index in [-0.39, 0.29) is 0 Å². The zero-order valence-corrected chi connectivity index (χ0v) is 4.83. The van der Waals surface area contributed by atoms with Crippen LogP contribution in [0.1, 0.15) is 0 Å². The first kappa shape index (κ1) is 4.49. The fourth-order valence-electron chi connectivity index (χ4n) is 0.856. The number of allylic oxidation sites excluding steroid dienone is 1. The van der Waals surface area contributed by atoms with E-state index < -0.39 is 0 Å². The molecule has 0 spiro atoms. The third-order valence-corrected chi connectivity index (χ3v) is 1.30. The van der Waals surface area contributed by atoms with Crippen molar-refractivity contribution in [3.05, 3.63) is 36.6 Å². The van der Waals surface area contributed by atoms with Crippen molar-refractivity contribution in [1.29, 1.82) is 0 Å². The Morgan fingerprint density at radius 1 is 1.33 bits per heavy atom. The molecule has 0 saturated carbocycles. The number of hydrogen-bond donors (Lipinski definition) is 2. The molecule has 2 heterocycles. The van der Waals surface area contributed by atoms with Gasteiger partial charge in [0.25, 0.3) is 0 Å². The highest BCUT2D eigenvalue weighted by Gasteiger charge is 2.08. The molecular formula is C6H7N3. The third-order valence-electron chi connectivity index (χ3n) is 1.30. The Hall–Kier alpha value is -1.38. The van der Waals surface area contributed by atoms with E-state index in [4.69, 9.17) is 0 Å². The molecule has 0 aromatic carbocycles. The summed E-state index contributed by atoms with van der Waals surface area (Å²) in [6.07, 6.45) is 9.61. The second kappa shape index (κ2) is 1.55. The number of fused-ring (bicyclic) bond motifs is 1. The zero-order valence-electron chi connectivity index (χ0n) is 4.83. The maximum Gasteiger partial charge on any atom is 0.0798 e. The number of hydrazine groups is 1. The van der Waals surface area contributed by atoms with Gasteiger partial charge in [0, 0.05) is 24.8 Å². The molecule has 0 radical (unpaired) electrons. The van der Waals surface area contributed by atoms with Crippen molar-refractivity contribution in [3.8, 4) is 0 Å². The van der Waals surface area contributed by atoms with Crippen LogP contribution in [0.2, 0.25) is 0 Å². The van der Waals surface area contributed by atoms with Crippen molar-refractivity contribution >= 4 is 0 Å². The molecule has 2 rings (SSSR count). The average Bonchev–Trinajstić information content (AvgIpc) is 2.33. The first-order valence-corrected chi connectivity index (χ1v) is 2.82. The van der Waals surface area contributed by atoms with E-state index in [1.807, 2.05) is 35.9 Å². The van der Waals surface area contributed by atoms with Gasteiger partial charge in [0.15, 0.2) is 0 Å². The lowest BCUT2D eigenvalue weighted by Gasteiger charge is -2.17. The summed E-state index contributed by atoms with van der Waals surface area (Å²) in [7, 11) is 0. The van der Waals surface area contributed by atoms with Gasteiger partial charge in [-0.25, -0.2) is 0 Å². The van der Waals surface area contributed by atoms with Gasteiger partial charge in [0.1, 0.15) is 0 Å². The second-order valence-corrected chi connectivity index (χ2v) is 1.88. The average molecular weight is 121 g/mol. The molecule has 2 aliphatic heterocycles. The molecule has 0 atom stereocenters. The quantitative estimate of drug-likeness (QED) is 0.480. The summed E-state index contributed by atoms with van der Waals surface area (Å²) in [5.74, 6) is 0. The van der Waals surface area contributed by atoms with Gasteiger partial charge in [-0.1, -0.05) is 0 Å². The standard InChI is InChI=1S/C6H7N3/c1-2-8-9-4-3-7-5-6(1)9/h1-5,7-8H. The molecule has 0 unspecified atom stereocenters. The predicted molar refractivity (Wildman–Crippen MR) is 34.5 cm³/mol. The maximum absolute atomic E-state index is 3.02. The van der Waals surface area contributed by atoms with Gasteiger partial charge in [0.05, 0.1) is 5.70 Å². The Labute approximate surface area is 53.3 Å². The molecule has 0 amide bonds. The monoisotopic (exact) mass is 121 g/mol. The third kappa shape index (κ3) is 0.579. The summed E-state index contributed by atoms with van der Waals surface area (Å²) in [5, 5.41) is 4.91. The highest BCUT2D eigenvalue weighted by molar-refractivity contribution is 5.25. The number of nitrogens with one attached hydrogen (secondary N) is 2. The molecule has 9 heavy (non-hydrogen) atoms. The molecule has 3 heteroatoms. The van der Waals surface area contributed by atoms with Gasteiger partial charge in [-0.15, -0.1) is 0 Å². The fourth-order valence-corrected chi connectivity index (χ4v) is 0.856. The van der Waals surface area contributed by atoms with E-state index in [0.29, 0.717) is 0 Å². The van der Waals surface area contributed by atoms with Crippen LogP contribution in [0.25, 0.3) is 0 Å². The van der Waals surface area contributed by atoms with Crippen molar-refractivity contribution in [2.45, 2.75) is 0 Å². The number of hydrogen-bond acceptors (Lipinski definition) is 3. The van der Waals surface area contributed by atoms with Crippen LogP contribution in [-0.2, 0) is 0 Å². The first-order valence-electron chi connectivity index (χ1n) is 2.82. The Kier molecular flexibility index (Phi) is 0.773. The molecule has 46 valence electrons. The molecule has 2 N–H and O–H groups in total. The smallest absolute Gasteiger partial charge is 0.0798 e. The van der Waals surface area contributed by atoms with Crippen molar-refractivity contribution in [2.24, 2.45) is 0 Å². The van der Waals surface area contributed by atoms with Crippen molar-refractivity contribution in [2.75, 3.05) is 0 Å². The fraction of sp³-hybridized carbons (Fsp3) is 0. The lowest BCUT2D eigenvalue weighted by Crippen LogP contribution is -2.26. The van der Waals surface area contributed by atoms with Gasteiger partial charge in [-0.2, -0.15) is 0 Å². The molecule has 0 aliphatic carbocycles. The molecule has 0 fully saturated rings. The minimum atomic E-state index is 1.14. The molecule has 0 aromatic heterocycles. The summed E-state index contributed by atoms with van der Waals surface area (Å²) in [4.78, 5) is 0. The molecule has 0 aromatic rings. The van der Waals surface area contributed by atoms with Crippen LogP contribution < -0.4 is 10.7 Å². The minimum Gasteiger partial charge on any atom is -0.364 e. The van der Waals surface area contributed by atoms with Crippen LogP contribution in [0.4, 0.5) is 0 Å². The minimum absolute atomic E-state index is 1.14. The summed E-state index contributed by atoms with van der Waals surface area (Å²) in [5.41, 5.74) is 4.15. The van der Waals surface area contributed by atoms with Crippen LogP contribution in [0.5, 0.6) is 0 Å². The number of nitrogens with zero attached hydrogens (tertiary/aromatic N) is 1. The van der Waals surface area contributed by atoms with E-state index in [1.165, 1.54) is 0 Å². The van der Waals surface area contributed by atoms with Crippen molar-refractivity contribution < 1.29 is 0 Å². The van der Waals surface area contributed by atoms with Crippen LogP contribution in [0.3, 0.4) is 0 Å².